The van der Waals surface area contributed by atoms with E-state index in [-0.39, 0.29) is 0 Å². The number of hydrogen-bond donors (Lipinski definition) is 0. The molecule has 1 aliphatic carbocycles. The van der Waals surface area contributed by atoms with Gasteiger partial charge in [0.1, 0.15) is 0 Å². The second kappa shape index (κ2) is 5.38. The van der Waals surface area contributed by atoms with Gasteiger partial charge >= 0.3 is 81.7 Å². The molecule has 0 amide bonds. The molecule has 0 saturated heterocycles. The molecule has 0 spiro atoms. The molecule has 0 aliphatic heterocycles. The molecular weight excluding hydrogens is 273 g/mol. The first kappa shape index (κ1) is 9.81. The van der Waals surface area contributed by atoms with E-state index in [0.29, 0.717) is 0 Å². The van der Waals surface area contributed by atoms with E-state index in [4.69, 9.17) is 19.1 Å². The molecular formula is C8H11Cl2Pd-. The average Bonchev–Trinajstić information content (AvgIpc) is 1.84. The molecule has 68 valence electrons. The van der Waals surface area contributed by atoms with Crippen LogP contribution < -0.4 is 0 Å². The molecule has 0 aromatic heterocycles. The Morgan fingerprint density at radius 2 is 1.82 bits per heavy atom. The van der Waals surface area contributed by atoms with Crippen molar-refractivity contribution in [2.24, 2.45) is 0 Å². The molecule has 1 aliphatic rings. The Morgan fingerprint density at radius 1 is 1.09 bits per heavy atom. The van der Waals surface area contributed by atoms with Gasteiger partial charge in [0, 0.05) is 0 Å². The Hall–Kier alpha value is 0.722. The van der Waals surface area contributed by atoms with Crippen LogP contribution in [-0.4, -0.2) is 0 Å². The van der Waals surface area contributed by atoms with Gasteiger partial charge in [-0.15, -0.1) is 0 Å². The standard InChI is InChI=1S/C8H11.2ClH.Pd/c1-2-4-6-8-7-5-3-1;;;/h1-2,7H,3-6H2;2*1H;/q;;;+1/p-2. The molecule has 0 aromatic carbocycles. The van der Waals surface area contributed by atoms with Crippen molar-refractivity contribution in [1.82, 2.24) is 0 Å². The summed E-state index contributed by atoms with van der Waals surface area (Å²) in [5.41, 5.74) is 0. The van der Waals surface area contributed by atoms with E-state index >= 15 is 0 Å². The molecule has 0 nitrogen and oxygen atoms in total. The van der Waals surface area contributed by atoms with E-state index in [0.717, 1.165) is 25.7 Å². The fraction of sp³-hybridized carbons (Fsp3) is 0.500. The third kappa shape index (κ3) is 3.76. The molecule has 0 fully saturated rings. The van der Waals surface area contributed by atoms with Crippen LogP contribution in [0.1, 0.15) is 25.7 Å². The van der Waals surface area contributed by atoms with E-state index < -0.39 is 14.7 Å². The quantitative estimate of drug-likeness (QED) is 0.505. The average molecular weight is 285 g/mol. The van der Waals surface area contributed by atoms with Gasteiger partial charge in [-0.2, -0.15) is 0 Å². The van der Waals surface area contributed by atoms with Gasteiger partial charge in [0.05, 0.1) is 0 Å². The zero-order valence-corrected chi connectivity index (χ0v) is 9.20. The predicted molar refractivity (Wildman–Crippen MR) is 47.4 cm³/mol. The molecule has 3 heteroatoms. The van der Waals surface area contributed by atoms with Crippen molar-refractivity contribution in [2.75, 3.05) is 0 Å². The molecule has 0 bridgehead atoms. The van der Waals surface area contributed by atoms with Crippen LogP contribution in [0.2, 0.25) is 0 Å². The van der Waals surface area contributed by atoms with Crippen molar-refractivity contribution >= 4 is 19.1 Å². The second-order valence-corrected chi connectivity index (χ2v) is 7.72. The van der Waals surface area contributed by atoms with Crippen LogP contribution >= 0.6 is 19.1 Å². The summed E-state index contributed by atoms with van der Waals surface area (Å²) in [6.07, 6.45) is 11.0. The maximum atomic E-state index is 5.87. The first-order valence-electron chi connectivity index (χ1n) is 3.60. The van der Waals surface area contributed by atoms with E-state index in [2.05, 4.69) is 18.2 Å². The van der Waals surface area contributed by atoms with Crippen molar-refractivity contribution in [3.63, 3.8) is 0 Å². The van der Waals surface area contributed by atoms with Crippen molar-refractivity contribution in [2.45, 2.75) is 25.7 Å². The minimum absolute atomic E-state index is 1.06. The minimum atomic E-state index is -1.33. The predicted octanol–water partition coefficient (Wildman–Crippen LogP) is 3.93. The monoisotopic (exact) mass is 283 g/mol. The zero-order valence-electron chi connectivity index (χ0n) is 6.13. The van der Waals surface area contributed by atoms with Crippen LogP contribution in [-0.2, 0) is 14.7 Å². The first-order valence-corrected chi connectivity index (χ1v) is 8.38. The van der Waals surface area contributed by atoms with Gasteiger partial charge in [-0.1, -0.05) is 0 Å². The van der Waals surface area contributed by atoms with Crippen molar-refractivity contribution in [3.8, 4) is 0 Å². The van der Waals surface area contributed by atoms with E-state index in [1.165, 1.54) is 4.05 Å². The second-order valence-electron chi connectivity index (χ2n) is 2.36. The Balaban J connectivity index is 2.50. The van der Waals surface area contributed by atoms with Crippen LogP contribution in [0.4, 0.5) is 0 Å². The van der Waals surface area contributed by atoms with Crippen molar-refractivity contribution < 1.29 is 14.7 Å². The van der Waals surface area contributed by atoms with Crippen LogP contribution in [0, 0.1) is 0 Å². The van der Waals surface area contributed by atoms with Crippen molar-refractivity contribution in [1.29, 1.82) is 0 Å². The third-order valence-corrected chi connectivity index (χ3v) is 4.82. The van der Waals surface area contributed by atoms with E-state index in [9.17, 15) is 0 Å². The van der Waals surface area contributed by atoms with E-state index in [1.54, 1.807) is 0 Å². The fourth-order valence-electron chi connectivity index (χ4n) is 0.986. The molecule has 0 N–H and O–H groups in total. The molecule has 1 rings (SSSR count). The van der Waals surface area contributed by atoms with Gasteiger partial charge in [0.2, 0.25) is 0 Å². The SMILES string of the molecule is [Cl][Pd-]([Cl])[C]1=CCCC=CCC1. The van der Waals surface area contributed by atoms with Gasteiger partial charge in [0.15, 0.2) is 0 Å². The number of rotatable bonds is 1. The molecule has 0 unspecified atom stereocenters. The summed E-state index contributed by atoms with van der Waals surface area (Å²) in [5.74, 6) is 0. The Kier molecular flexibility index (Phi) is 4.80. The molecule has 0 radical (unpaired) electrons. The maximum absolute atomic E-state index is 5.87. The molecule has 0 atom stereocenters. The fourth-order valence-corrected chi connectivity index (χ4v) is 3.25. The Labute approximate surface area is 81.5 Å². The number of hydrogen-bond acceptors (Lipinski definition) is 0. The summed E-state index contributed by atoms with van der Waals surface area (Å²) in [6, 6.07) is 0. The first-order chi connectivity index (χ1) is 5.30. The molecule has 0 heterocycles. The Bertz CT molecular complexity index is 173. The Morgan fingerprint density at radius 3 is 2.55 bits per heavy atom. The number of allylic oxidation sites excluding steroid dienone is 4. The summed E-state index contributed by atoms with van der Waals surface area (Å²) < 4.78 is 1.30. The number of halogens is 2. The third-order valence-electron chi connectivity index (χ3n) is 1.54. The molecule has 0 aromatic rings. The van der Waals surface area contributed by atoms with E-state index in [1.807, 2.05) is 0 Å². The van der Waals surface area contributed by atoms with Crippen LogP contribution in [0.15, 0.2) is 22.3 Å². The topological polar surface area (TPSA) is 0 Å². The summed E-state index contributed by atoms with van der Waals surface area (Å²) >= 11 is -1.33. The molecule has 11 heavy (non-hydrogen) atoms. The van der Waals surface area contributed by atoms with Gasteiger partial charge < -0.3 is 0 Å². The summed E-state index contributed by atoms with van der Waals surface area (Å²) in [4.78, 5) is 0. The van der Waals surface area contributed by atoms with Crippen LogP contribution in [0.25, 0.3) is 0 Å². The van der Waals surface area contributed by atoms with Crippen LogP contribution in [0.5, 0.6) is 0 Å². The van der Waals surface area contributed by atoms with Crippen molar-refractivity contribution in [3.05, 3.63) is 22.3 Å². The van der Waals surface area contributed by atoms with Crippen LogP contribution in [0.3, 0.4) is 0 Å². The van der Waals surface area contributed by atoms with Gasteiger partial charge in [-0.05, 0) is 0 Å². The van der Waals surface area contributed by atoms with Gasteiger partial charge in [-0.25, -0.2) is 0 Å². The zero-order chi connectivity index (χ0) is 8.10. The molecule has 0 saturated carbocycles. The summed E-state index contributed by atoms with van der Waals surface area (Å²) in [6.45, 7) is 0. The van der Waals surface area contributed by atoms with Gasteiger partial charge in [-0.3, -0.25) is 0 Å². The summed E-state index contributed by atoms with van der Waals surface area (Å²) in [5, 5.41) is 0. The van der Waals surface area contributed by atoms with Gasteiger partial charge in [0.25, 0.3) is 0 Å². The summed E-state index contributed by atoms with van der Waals surface area (Å²) in [7, 11) is 11.7. The normalized spacial score (nSPS) is 20.2.